The summed E-state index contributed by atoms with van der Waals surface area (Å²) in [4.78, 5) is 27.3. The molecule has 1 atom stereocenters. The first-order valence-corrected chi connectivity index (χ1v) is 10.0. The van der Waals surface area contributed by atoms with Crippen molar-refractivity contribution in [2.45, 2.75) is 19.0 Å². The van der Waals surface area contributed by atoms with Gasteiger partial charge in [-0.3, -0.25) is 9.59 Å². The maximum Gasteiger partial charge on any atom is 0.261 e. The smallest absolute Gasteiger partial charge is 0.261 e. The Hall–Kier alpha value is -3.67. The van der Waals surface area contributed by atoms with Crippen LogP contribution in [0.4, 0.5) is 4.39 Å². The van der Waals surface area contributed by atoms with Crippen LogP contribution < -0.4 is 10.1 Å². The van der Waals surface area contributed by atoms with Crippen molar-refractivity contribution in [3.05, 3.63) is 102 Å². The van der Waals surface area contributed by atoms with Crippen LogP contribution in [0.1, 0.15) is 11.1 Å². The van der Waals surface area contributed by atoms with Crippen LogP contribution in [0, 0.1) is 5.82 Å². The summed E-state index contributed by atoms with van der Waals surface area (Å²) in [5.74, 6) is -0.620. The fourth-order valence-electron chi connectivity index (χ4n) is 3.28. The Morgan fingerprint density at radius 2 is 1.55 bits per heavy atom. The zero-order valence-electron chi connectivity index (χ0n) is 17.3. The van der Waals surface area contributed by atoms with Gasteiger partial charge in [0.25, 0.3) is 5.91 Å². The number of benzene rings is 3. The summed E-state index contributed by atoms with van der Waals surface area (Å²) in [6.07, 6.45) is 0.298. The van der Waals surface area contributed by atoms with Crippen molar-refractivity contribution in [1.82, 2.24) is 10.2 Å². The van der Waals surface area contributed by atoms with Crippen LogP contribution in [0.25, 0.3) is 0 Å². The van der Waals surface area contributed by atoms with Gasteiger partial charge in [0.1, 0.15) is 17.6 Å². The summed E-state index contributed by atoms with van der Waals surface area (Å²) in [5.41, 5.74) is 1.23. The third-order valence-electron chi connectivity index (χ3n) is 4.92. The van der Waals surface area contributed by atoms with Gasteiger partial charge in [-0.1, -0.05) is 66.7 Å². The number of hydrogen-bond donors (Lipinski definition) is 1. The molecule has 0 aliphatic heterocycles. The quantitative estimate of drug-likeness (QED) is 0.576. The van der Waals surface area contributed by atoms with E-state index >= 15 is 0 Å². The van der Waals surface area contributed by atoms with Gasteiger partial charge in [-0.25, -0.2) is 4.39 Å². The molecule has 0 radical (unpaired) electrons. The van der Waals surface area contributed by atoms with E-state index in [4.69, 9.17) is 4.74 Å². The Balaban J connectivity index is 1.88. The van der Waals surface area contributed by atoms with Gasteiger partial charge in [0, 0.05) is 25.6 Å². The van der Waals surface area contributed by atoms with E-state index in [1.807, 2.05) is 36.4 Å². The largest absolute Gasteiger partial charge is 0.484 e. The van der Waals surface area contributed by atoms with Crippen LogP contribution in [-0.2, 0) is 22.6 Å². The van der Waals surface area contributed by atoms with E-state index in [0.717, 1.165) is 5.56 Å². The van der Waals surface area contributed by atoms with Gasteiger partial charge in [0.15, 0.2) is 6.61 Å². The van der Waals surface area contributed by atoms with Gasteiger partial charge < -0.3 is 15.0 Å². The second kappa shape index (κ2) is 10.9. The Bertz CT molecular complexity index is 996. The Morgan fingerprint density at radius 3 is 2.19 bits per heavy atom. The number of para-hydroxylation sites is 1. The van der Waals surface area contributed by atoms with Crippen molar-refractivity contribution >= 4 is 11.8 Å². The molecular weight excluding hydrogens is 395 g/mol. The number of hydrogen-bond acceptors (Lipinski definition) is 3. The molecule has 0 spiro atoms. The van der Waals surface area contributed by atoms with Crippen molar-refractivity contribution < 1.29 is 18.7 Å². The lowest BCUT2D eigenvalue weighted by Crippen LogP contribution is -2.51. The van der Waals surface area contributed by atoms with Gasteiger partial charge in [-0.05, 0) is 23.8 Å². The molecule has 0 bridgehead atoms. The van der Waals surface area contributed by atoms with Gasteiger partial charge in [0.2, 0.25) is 5.91 Å². The standard InChI is InChI=1S/C25H25FN2O3/c1-27-25(30)23(16-19-10-4-2-5-11-19)28(17-20-12-8-9-15-22(20)26)24(29)18-31-21-13-6-3-7-14-21/h2-15,23H,16-18H2,1H3,(H,27,30). The number of carbonyl (C=O) groups excluding carboxylic acids is 2. The Morgan fingerprint density at radius 1 is 0.935 bits per heavy atom. The lowest BCUT2D eigenvalue weighted by atomic mass is 10.0. The highest BCUT2D eigenvalue weighted by Crippen LogP contribution is 2.17. The zero-order chi connectivity index (χ0) is 22.1. The molecule has 160 valence electrons. The molecule has 1 N–H and O–H groups in total. The van der Waals surface area contributed by atoms with Crippen LogP contribution in [0.2, 0.25) is 0 Å². The second-order valence-corrected chi connectivity index (χ2v) is 7.03. The molecule has 0 fully saturated rings. The number of likely N-dealkylation sites (N-methyl/N-ethyl adjacent to an activating group) is 1. The molecule has 0 aliphatic carbocycles. The summed E-state index contributed by atoms with van der Waals surface area (Å²) in [6, 6.07) is 23.8. The lowest BCUT2D eigenvalue weighted by molar-refractivity contribution is -0.142. The van der Waals surface area contributed by atoms with Crippen LogP contribution >= 0.6 is 0 Å². The first-order valence-electron chi connectivity index (χ1n) is 10.0. The number of carbonyl (C=O) groups is 2. The fraction of sp³-hybridized carbons (Fsp3) is 0.200. The van der Waals surface area contributed by atoms with E-state index in [9.17, 15) is 14.0 Å². The van der Waals surface area contributed by atoms with Crippen LogP contribution in [0.15, 0.2) is 84.9 Å². The first-order chi connectivity index (χ1) is 15.1. The number of rotatable bonds is 9. The highest BCUT2D eigenvalue weighted by Gasteiger charge is 2.30. The topological polar surface area (TPSA) is 58.6 Å². The summed E-state index contributed by atoms with van der Waals surface area (Å²) in [5, 5.41) is 2.63. The molecule has 3 aromatic carbocycles. The SMILES string of the molecule is CNC(=O)C(Cc1ccccc1)N(Cc1ccccc1F)C(=O)COc1ccccc1. The molecule has 0 saturated carbocycles. The molecule has 0 aliphatic rings. The van der Waals surface area contributed by atoms with Crippen molar-refractivity contribution in [3.8, 4) is 5.75 Å². The normalized spacial score (nSPS) is 11.4. The molecule has 3 rings (SSSR count). The van der Waals surface area contributed by atoms with Crippen LogP contribution in [-0.4, -0.2) is 36.4 Å². The molecule has 2 amide bonds. The molecule has 6 heteroatoms. The minimum Gasteiger partial charge on any atom is -0.484 e. The van der Waals surface area contributed by atoms with E-state index < -0.39 is 17.8 Å². The van der Waals surface area contributed by atoms with Gasteiger partial charge >= 0.3 is 0 Å². The van der Waals surface area contributed by atoms with E-state index in [0.29, 0.717) is 17.7 Å². The molecule has 0 aromatic heterocycles. The third kappa shape index (κ3) is 6.15. The third-order valence-corrected chi connectivity index (χ3v) is 4.92. The van der Waals surface area contributed by atoms with Gasteiger partial charge in [-0.2, -0.15) is 0 Å². The van der Waals surface area contributed by atoms with Gasteiger partial charge in [-0.15, -0.1) is 0 Å². The minimum absolute atomic E-state index is 0.0470. The molecule has 1 unspecified atom stereocenters. The second-order valence-electron chi connectivity index (χ2n) is 7.03. The average molecular weight is 420 g/mol. The van der Waals surface area contributed by atoms with Gasteiger partial charge in [0.05, 0.1) is 0 Å². The number of nitrogens with zero attached hydrogens (tertiary/aromatic N) is 1. The van der Waals surface area contributed by atoms with Crippen molar-refractivity contribution in [2.24, 2.45) is 0 Å². The van der Waals surface area contributed by atoms with E-state index in [1.165, 1.54) is 18.0 Å². The average Bonchev–Trinajstić information content (AvgIpc) is 2.81. The van der Waals surface area contributed by atoms with Crippen LogP contribution in [0.5, 0.6) is 5.75 Å². The van der Waals surface area contributed by atoms with E-state index in [-0.39, 0.29) is 19.1 Å². The maximum atomic E-state index is 14.4. The van der Waals surface area contributed by atoms with Crippen molar-refractivity contribution in [1.29, 1.82) is 0 Å². The Kier molecular flexibility index (Phi) is 7.76. The maximum absolute atomic E-state index is 14.4. The number of ether oxygens (including phenoxy) is 1. The summed E-state index contributed by atoms with van der Waals surface area (Å²) in [6.45, 7) is -0.310. The Labute approximate surface area is 181 Å². The van der Waals surface area contributed by atoms with Crippen molar-refractivity contribution in [2.75, 3.05) is 13.7 Å². The summed E-state index contributed by atoms with van der Waals surface area (Å²) < 4.78 is 20.0. The van der Waals surface area contributed by atoms with E-state index in [2.05, 4.69) is 5.32 Å². The molecule has 5 nitrogen and oxygen atoms in total. The fourth-order valence-corrected chi connectivity index (χ4v) is 3.28. The number of halogens is 1. The molecule has 31 heavy (non-hydrogen) atoms. The molecule has 0 heterocycles. The van der Waals surface area contributed by atoms with Crippen molar-refractivity contribution in [3.63, 3.8) is 0 Å². The summed E-state index contributed by atoms with van der Waals surface area (Å²) in [7, 11) is 1.52. The minimum atomic E-state index is -0.820. The first kappa shape index (κ1) is 22.0. The number of nitrogens with one attached hydrogen (secondary N) is 1. The predicted molar refractivity (Wildman–Crippen MR) is 117 cm³/mol. The molecular formula is C25H25FN2O3. The highest BCUT2D eigenvalue weighted by atomic mass is 19.1. The van der Waals surface area contributed by atoms with E-state index in [1.54, 1.807) is 42.5 Å². The highest BCUT2D eigenvalue weighted by molar-refractivity contribution is 5.88. The zero-order valence-corrected chi connectivity index (χ0v) is 17.3. The number of amides is 2. The molecule has 3 aromatic rings. The predicted octanol–water partition coefficient (Wildman–Crippen LogP) is 3.59. The van der Waals surface area contributed by atoms with Crippen LogP contribution in [0.3, 0.4) is 0 Å². The lowest BCUT2D eigenvalue weighted by Gasteiger charge is -2.31. The molecule has 0 saturated heterocycles. The summed E-state index contributed by atoms with van der Waals surface area (Å²) >= 11 is 0. The monoisotopic (exact) mass is 420 g/mol.